The molecule has 2 aliphatic heterocycles. The topological polar surface area (TPSA) is 78.8 Å². The number of para-hydroxylation sites is 1. The summed E-state index contributed by atoms with van der Waals surface area (Å²) in [5, 5.41) is 2.52. The molecule has 0 bridgehead atoms. The zero-order chi connectivity index (χ0) is 58.5. The van der Waals surface area contributed by atoms with E-state index in [9.17, 15) is 0 Å². The number of fused-ring (bicyclic) bond motifs is 3. The van der Waals surface area contributed by atoms with Crippen LogP contribution >= 0.6 is 0 Å². The van der Waals surface area contributed by atoms with Gasteiger partial charge in [-0.15, -0.1) is 0 Å². The summed E-state index contributed by atoms with van der Waals surface area (Å²) in [5.41, 5.74) is 10.5. The molecule has 11 heteroatoms. The van der Waals surface area contributed by atoms with Crippen LogP contribution in [-0.2, 0) is 23.4 Å². The summed E-state index contributed by atoms with van der Waals surface area (Å²) < 4.78 is 50.0. The van der Waals surface area contributed by atoms with Gasteiger partial charge in [-0.05, 0) is 194 Å². The molecule has 9 nitrogen and oxygen atoms in total. The zero-order valence-corrected chi connectivity index (χ0v) is 51.3. The van der Waals surface area contributed by atoms with Crippen molar-refractivity contribution in [2.24, 2.45) is 0 Å². The van der Waals surface area contributed by atoms with Crippen LogP contribution in [0.5, 0.6) is 17.2 Å². The molecule has 0 unspecified atom stereocenters. The van der Waals surface area contributed by atoms with Crippen LogP contribution in [-0.4, -0.2) is 74.7 Å². The minimum absolute atomic E-state index is 0.330. The molecule has 0 radical (unpaired) electrons. The van der Waals surface area contributed by atoms with Gasteiger partial charge in [-0.3, -0.25) is 0 Å². The second-order valence-corrected chi connectivity index (χ2v) is 24.6. The minimum atomic E-state index is -0.336. The Morgan fingerprint density at radius 2 is 0.687 bits per heavy atom. The molecule has 2 saturated heterocycles. The second kappa shape index (κ2) is 28.0. The summed E-state index contributed by atoms with van der Waals surface area (Å²) in [6.45, 7) is 21.8. The van der Waals surface area contributed by atoms with Crippen LogP contribution in [0.1, 0.15) is 138 Å². The van der Waals surface area contributed by atoms with E-state index in [0.717, 1.165) is 80.3 Å². The molecule has 0 amide bonds. The number of rotatable bonds is 26. The van der Waals surface area contributed by atoms with Gasteiger partial charge in [-0.25, -0.2) is 0 Å². The first kappa shape index (κ1) is 61.2. The first-order valence-corrected chi connectivity index (χ1v) is 30.6. The molecule has 436 valence electrons. The van der Waals surface area contributed by atoms with Crippen molar-refractivity contribution >= 4 is 47.0 Å². The third-order valence-corrected chi connectivity index (χ3v) is 17.3. The molecule has 0 spiro atoms. The van der Waals surface area contributed by atoms with Gasteiger partial charge in [-0.2, -0.15) is 0 Å². The van der Waals surface area contributed by atoms with Gasteiger partial charge in [0.2, 0.25) is 0 Å². The number of ether oxygens (including phenoxy) is 4. The van der Waals surface area contributed by atoms with E-state index >= 15 is 0 Å². The molecular formula is C72H89B2NO8. The van der Waals surface area contributed by atoms with E-state index in [-0.39, 0.29) is 36.6 Å². The van der Waals surface area contributed by atoms with Crippen molar-refractivity contribution in [3.63, 3.8) is 0 Å². The number of unbranched alkanes of at least 4 members (excludes halogenated alkanes) is 10. The Kier molecular flexibility index (Phi) is 20.7. The molecule has 0 saturated carbocycles. The van der Waals surface area contributed by atoms with Gasteiger partial charge < -0.3 is 42.1 Å². The van der Waals surface area contributed by atoms with Crippen molar-refractivity contribution in [3.8, 4) is 45.2 Å². The van der Waals surface area contributed by atoms with Gasteiger partial charge in [0.15, 0.2) is 0 Å². The van der Waals surface area contributed by atoms with Crippen LogP contribution < -0.4 is 25.1 Å². The van der Waals surface area contributed by atoms with E-state index in [1.165, 1.54) is 107 Å². The second-order valence-electron chi connectivity index (χ2n) is 24.6. The maximum atomic E-state index is 6.13. The van der Waals surface area contributed by atoms with Crippen LogP contribution in [0.15, 0.2) is 164 Å². The van der Waals surface area contributed by atoms with Crippen LogP contribution in [0.2, 0.25) is 0 Å². The standard InChI is InChI=1S/C40H41NO2.C32H48B2O6/c1-30-14-16-31(17-15-30)33-20-24-39-37(28-33)38-29-34(21-25-40(38)41(39)35-12-8-7-9-13-35)32-18-22-36(23-19-32)43-27-11-6-4-3-5-10-26-42-2;1-29(2)30(3,4)38-33(37-29)25-15-19-27(20-16-25)35-23-13-11-9-10-12-14-24-36-28-21-17-26(18-22-28)34-39-31(5,6)32(7,8)40-34/h7-9,12-25,28-29H,3-6,10-11,26-27H2,1-2H3;15-22H,9-14,23-24H2,1-8H3. The summed E-state index contributed by atoms with van der Waals surface area (Å²) in [5.74, 6) is 2.72. The van der Waals surface area contributed by atoms with Crippen molar-refractivity contribution in [2.75, 3.05) is 33.5 Å². The van der Waals surface area contributed by atoms with Gasteiger partial charge in [0.05, 0.1) is 53.3 Å². The molecule has 3 heterocycles. The lowest BCUT2D eigenvalue weighted by Crippen LogP contribution is -2.41. The quantitative estimate of drug-likeness (QED) is 0.0392. The van der Waals surface area contributed by atoms with E-state index in [4.69, 9.17) is 37.6 Å². The summed E-state index contributed by atoms with van der Waals surface area (Å²) in [4.78, 5) is 0. The Hall–Kier alpha value is -6.33. The summed E-state index contributed by atoms with van der Waals surface area (Å²) in [6, 6.07) is 57.9. The molecule has 83 heavy (non-hydrogen) atoms. The van der Waals surface area contributed by atoms with Crippen LogP contribution in [0.25, 0.3) is 49.7 Å². The summed E-state index contributed by atoms with van der Waals surface area (Å²) in [7, 11) is 1.10. The van der Waals surface area contributed by atoms with Gasteiger partial charge in [-0.1, -0.05) is 148 Å². The summed E-state index contributed by atoms with van der Waals surface area (Å²) >= 11 is 0. The Morgan fingerprint density at radius 1 is 0.361 bits per heavy atom. The monoisotopic (exact) mass is 1120 g/mol. The number of hydrogen-bond acceptors (Lipinski definition) is 8. The number of benzene rings is 7. The molecule has 0 N–H and O–H groups in total. The zero-order valence-electron chi connectivity index (χ0n) is 51.3. The molecule has 10 rings (SSSR count). The number of hydrogen-bond donors (Lipinski definition) is 0. The number of nitrogens with zero attached hydrogens (tertiary/aromatic N) is 1. The lowest BCUT2D eigenvalue weighted by atomic mass is 9.79. The lowest BCUT2D eigenvalue weighted by molar-refractivity contribution is 0.00578. The molecule has 8 aromatic rings. The van der Waals surface area contributed by atoms with Crippen molar-refractivity contribution in [1.29, 1.82) is 0 Å². The van der Waals surface area contributed by atoms with Crippen molar-refractivity contribution in [1.82, 2.24) is 4.57 Å². The fourth-order valence-corrected chi connectivity index (χ4v) is 10.7. The molecule has 2 fully saturated rings. The molecule has 1 aromatic heterocycles. The Bertz CT molecular complexity index is 3160. The maximum Gasteiger partial charge on any atom is 0.494 e. The predicted molar refractivity (Wildman–Crippen MR) is 344 cm³/mol. The molecule has 0 aliphatic carbocycles. The fourth-order valence-electron chi connectivity index (χ4n) is 10.7. The van der Waals surface area contributed by atoms with E-state index in [1.54, 1.807) is 7.11 Å². The lowest BCUT2D eigenvalue weighted by Gasteiger charge is -2.32. The van der Waals surface area contributed by atoms with Crippen molar-refractivity contribution in [3.05, 3.63) is 169 Å². The first-order valence-electron chi connectivity index (χ1n) is 30.6. The largest absolute Gasteiger partial charge is 0.494 e. The van der Waals surface area contributed by atoms with Gasteiger partial charge in [0.1, 0.15) is 17.2 Å². The SMILES string of the molecule is CC1(C)OB(c2ccc(OCCCCCCCCOc3ccc(B4OC(C)(C)C(C)(C)O4)cc3)cc2)OC1(C)C.COCCCCCCCCOc1ccc(-c2ccc3c(c2)c2cc(-c4ccc(C)cc4)ccc2n3-c2ccccc2)cc1. The van der Waals surface area contributed by atoms with E-state index < -0.39 is 0 Å². The Balaban J connectivity index is 0.000000200. The van der Waals surface area contributed by atoms with E-state index in [0.29, 0.717) is 0 Å². The highest BCUT2D eigenvalue weighted by Gasteiger charge is 2.52. The fraction of sp³-hybridized carbons (Fsp3) is 0.417. The normalized spacial score (nSPS) is 15.8. The van der Waals surface area contributed by atoms with Gasteiger partial charge in [0.25, 0.3) is 0 Å². The van der Waals surface area contributed by atoms with Gasteiger partial charge in [0, 0.05) is 30.2 Å². The predicted octanol–water partition coefficient (Wildman–Crippen LogP) is 16.9. The number of aromatic nitrogens is 1. The molecular weight excluding hydrogens is 1030 g/mol. The van der Waals surface area contributed by atoms with E-state index in [1.807, 2.05) is 48.5 Å². The first-order chi connectivity index (χ1) is 40.0. The molecule has 2 aliphatic rings. The van der Waals surface area contributed by atoms with Crippen LogP contribution in [0.4, 0.5) is 0 Å². The average Bonchev–Trinajstić information content (AvgIpc) is 2.64. The van der Waals surface area contributed by atoms with Crippen LogP contribution in [0, 0.1) is 6.92 Å². The molecule has 7 aromatic carbocycles. The highest BCUT2D eigenvalue weighted by atomic mass is 16.7. The number of methoxy groups -OCH3 is 1. The average molecular weight is 1120 g/mol. The Morgan fingerprint density at radius 3 is 1.06 bits per heavy atom. The van der Waals surface area contributed by atoms with E-state index in [2.05, 4.69) is 182 Å². The summed E-state index contributed by atoms with van der Waals surface area (Å²) in [6.07, 6.45) is 14.2. The van der Waals surface area contributed by atoms with Crippen molar-refractivity contribution < 1.29 is 37.6 Å². The minimum Gasteiger partial charge on any atom is -0.494 e. The third-order valence-electron chi connectivity index (χ3n) is 17.3. The maximum absolute atomic E-state index is 6.13. The number of aryl methyl sites for hydroxylation is 1. The third kappa shape index (κ3) is 15.7. The molecule has 0 atom stereocenters. The van der Waals surface area contributed by atoms with Gasteiger partial charge >= 0.3 is 14.2 Å². The van der Waals surface area contributed by atoms with Crippen molar-refractivity contribution in [2.45, 2.75) is 162 Å². The highest BCUT2D eigenvalue weighted by Crippen LogP contribution is 2.40. The Labute approximate surface area is 496 Å². The smallest absolute Gasteiger partial charge is 0.494 e. The highest BCUT2D eigenvalue weighted by molar-refractivity contribution is 6.62. The van der Waals surface area contributed by atoms with Crippen LogP contribution in [0.3, 0.4) is 0 Å².